The maximum Gasteiger partial charge on any atom is 0.431 e. The van der Waals surface area contributed by atoms with Gasteiger partial charge >= 0.3 is 6.18 Å². The molecule has 0 bridgehead atoms. The first kappa shape index (κ1) is 24.9. The molecule has 0 spiro atoms. The summed E-state index contributed by atoms with van der Waals surface area (Å²) in [5.74, 6) is 0.995. The van der Waals surface area contributed by atoms with Crippen LogP contribution in [0.4, 0.5) is 13.2 Å². The molecule has 7 nitrogen and oxygen atoms in total. The number of carbonyl (C=O) groups is 1. The first-order chi connectivity index (χ1) is 18.2. The minimum Gasteiger partial charge on any atom is -0.497 e. The van der Waals surface area contributed by atoms with Crippen LogP contribution in [-0.2, 0) is 6.18 Å². The van der Waals surface area contributed by atoms with Gasteiger partial charge in [0.15, 0.2) is 0 Å². The third kappa shape index (κ3) is 4.56. The van der Waals surface area contributed by atoms with Gasteiger partial charge in [0, 0.05) is 28.8 Å². The summed E-state index contributed by atoms with van der Waals surface area (Å²) in [6.45, 7) is 0. The number of pyridine rings is 1. The predicted octanol–water partition coefficient (Wildman–Crippen LogP) is 5.70. The zero-order valence-electron chi connectivity index (χ0n) is 20.2. The molecule has 0 fully saturated rings. The van der Waals surface area contributed by atoms with Crippen molar-refractivity contribution in [2.75, 3.05) is 14.2 Å². The van der Waals surface area contributed by atoms with Crippen molar-refractivity contribution in [3.05, 3.63) is 106 Å². The van der Waals surface area contributed by atoms with E-state index in [4.69, 9.17) is 14.2 Å². The molecule has 4 aromatic rings. The van der Waals surface area contributed by atoms with E-state index in [-0.39, 0.29) is 11.1 Å². The summed E-state index contributed by atoms with van der Waals surface area (Å²) in [5.41, 5.74) is -1.82. The van der Waals surface area contributed by atoms with Crippen molar-refractivity contribution >= 4 is 5.91 Å². The van der Waals surface area contributed by atoms with Crippen molar-refractivity contribution in [1.82, 2.24) is 10.3 Å². The molecular formula is C28H21F3N2O5. The number of amides is 1. The molecule has 38 heavy (non-hydrogen) atoms. The van der Waals surface area contributed by atoms with Gasteiger partial charge in [-0.3, -0.25) is 9.59 Å². The lowest BCUT2D eigenvalue weighted by molar-refractivity contribution is -0.140. The van der Waals surface area contributed by atoms with Gasteiger partial charge in [-0.25, -0.2) is 0 Å². The van der Waals surface area contributed by atoms with Crippen LogP contribution in [0.1, 0.15) is 33.2 Å². The van der Waals surface area contributed by atoms with Gasteiger partial charge in [-0.15, -0.1) is 0 Å². The molecule has 0 saturated heterocycles. The number of fused-ring (bicyclic) bond motifs is 2. The second-order valence-corrected chi connectivity index (χ2v) is 8.48. The number of methoxy groups -OCH3 is 2. The van der Waals surface area contributed by atoms with Crippen LogP contribution in [0.15, 0.2) is 77.6 Å². The number of nitrogens with one attached hydrogen (secondary N) is 2. The van der Waals surface area contributed by atoms with Gasteiger partial charge in [-0.1, -0.05) is 30.3 Å². The van der Waals surface area contributed by atoms with Crippen LogP contribution in [0.5, 0.6) is 23.0 Å². The second kappa shape index (κ2) is 9.62. The van der Waals surface area contributed by atoms with E-state index in [1.54, 1.807) is 54.6 Å². The molecule has 194 valence electrons. The maximum atomic E-state index is 13.8. The standard InChI is InChI=1S/C28H21F3N2O5/c1-36-16-8-10-18-22(12-16)38-23-13-17(37-2)9-11-19(23)24(18)32-26(34)21-14-20(15-6-4-3-5-7-15)25(28(29,30)31)33-27(21)35/h3-14,24H,1-2H3,(H,32,34)(H,33,35). The van der Waals surface area contributed by atoms with Gasteiger partial charge in [0.1, 0.15) is 34.3 Å². The molecule has 5 rings (SSSR count). The van der Waals surface area contributed by atoms with Crippen LogP contribution in [0.25, 0.3) is 11.1 Å². The van der Waals surface area contributed by atoms with E-state index in [0.717, 1.165) is 6.07 Å². The summed E-state index contributed by atoms with van der Waals surface area (Å²) >= 11 is 0. The van der Waals surface area contributed by atoms with Gasteiger partial charge in [-0.05, 0) is 35.9 Å². The quantitative estimate of drug-likeness (QED) is 0.351. The first-order valence-corrected chi connectivity index (χ1v) is 11.4. The highest BCUT2D eigenvalue weighted by atomic mass is 19.4. The fourth-order valence-corrected chi connectivity index (χ4v) is 4.36. The Labute approximate surface area is 214 Å². The smallest absolute Gasteiger partial charge is 0.431 e. The Kier molecular flexibility index (Phi) is 6.31. The largest absolute Gasteiger partial charge is 0.497 e. The van der Waals surface area contributed by atoms with Crippen molar-refractivity contribution in [2.24, 2.45) is 0 Å². The Morgan fingerprint density at radius 3 is 2.00 bits per heavy atom. The zero-order valence-corrected chi connectivity index (χ0v) is 20.2. The van der Waals surface area contributed by atoms with Gasteiger partial charge in [0.05, 0.1) is 20.3 Å². The fraction of sp³-hybridized carbons (Fsp3) is 0.143. The SMILES string of the molecule is COc1ccc2c(c1)Oc1cc(OC)ccc1C2NC(=O)c1cc(-c2ccccc2)c(C(F)(F)F)[nH]c1=O. The number of benzene rings is 3. The minimum absolute atomic E-state index is 0.200. The van der Waals surface area contributed by atoms with Crippen LogP contribution in [0.3, 0.4) is 0 Å². The molecule has 0 unspecified atom stereocenters. The molecule has 10 heteroatoms. The molecule has 0 atom stereocenters. The van der Waals surface area contributed by atoms with Gasteiger partial charge in [0.25, 0.3) is 11.5 Å². The lowest BCUT2D eigenvalue weighted by Crippen LogP contribution is -2.35. The predicted molar refractivity (Wildman–Crippen MR) is 133 cm³/mol. The third-order valence-corrected chi connectivity index (χ3v) is 6.21. The van der Waals surface area contributed by atoms with E-state index >= 15 is 0 Å². The number of aromatic amines is 1. The molecule has 2 N–H and O–H groups in total. The van der Waals surface area contributed by atoms with E-state index in [0.29, 0.717) is 34.1 Å². The average Bonchev–Trinajstić information content (AvgIpc) is 2.91. The first-order valence-electron chi connectivity index (χ1n) is 11.4. The third-order valence-electron chi connectivity index (χ3n) is 6.21. The Balaban J connectivity index is 1.60. The molecule has 2 heterocycles. The number of halogens is 3. The molecule has 0 saturated carbocycles. The Hall–Kier alpha value is -4.73. The lowest BCUT2D eigenvalue weighted by atomic mass is 9.93. The maximum absolute atomic E-state index is 13.8. The summed E-state index contributed by atoms with van der Waals surface area (Å²) in [4.78, 5) is 28.0. The lowest BCUT2D eigenvalue weighted by Gasteiger charge is -2.29. The molecule has 1 aromatic heterocycles. The molecule has 0 aliphatic carbocycles. The zero-order chi connectivity index (χ0) is 27.0. The van der Waals surface area contributed by atoms with Gasteiger partial charge < -0.3 is 24.5 Å². The monoisotopic (exact) mass is 522 g/mol. The summed E-state index contributed by atoms with van der Waals surface area (Å²) in [5, 5.41) is 2.80. The van der Waals surface area contributed by atoms with Crippen LogP contribution in [0.2, 0.25) is 0 Å². The second-order valence-electron chi connectivity index (χ2n) is 8.48. The van der Waals surface area contributed by atoms with E-state index in [2.05, 4.69) is 5.32 Å². The van der Waals surface area contributed by atoms with Gasteiger partial charge in [0.2, 0.25) is 0 Å². The van der Waals surface area contributed by atoms with Crippen molar-refractivity contribution in [3.8, 4) is 34.1 Å². The highest BCUT2D eigenvalue weighted by molar-refractivity contribution is 5.96. The summed E-state index contributed by atoms with van der Waals surface area (Å²) < 4.78 is 57.9. The summed E-state index contributed by atoms with van der Waals surface area (Å²) in [6.07, 6.45) is -4.84. The number of hydrogen-bond acceptors (Lipinski definition) is 5. The van der Waals surface area contributed by atoms with E-state index in [9.17, 15) is 22.8 Å². The van der Waals surface area contributed by atoms with Crippen molar-refractivity contribution < 1.29 is 32.2 Å². The van der Waals surface area contributed by atoms with Crippen LogP contribution in [-0.4, -0.2) is 25.1 Å². The molecule has 0 radical (unpaired) electrons. The number of aromatic nitrogens is 1. The highest BCUT2D eigenvalue weighted by Gasteiger charge is 2.37. The molecule has 1 amide bonds. The number of ether oxygens (including phenoxy) is 3. The Morgan fingerprint density at radius 2 is 1.47 bits per heavy atom. The molecule has 1 aliphatic rings. The minimum atomic E-state index is -4.84. The van der Waals surface area contributed by atoms with E-state index < -0.39 is 34.9 Å². The number of alkyl halides is 3. The summed E-state index contributed by atoms with van der Waals surface area (Å²) in [7, 11) is 3.00. The molecular weight excluding hydrogens is 501 g/mol. The van der Waals surface area contributed by atoms with E-state index in [1.165, 1.54) is 26.4 Å². The van der Waals surface area contributed by atoms with Crippen LogP contribution < -0.4 is 25.1 Å². The average molecular weight is 522 g/mol. The van der Waals surface area contributed by atoms with Crippen molar-refractivity contribution in [2.45, 2.75) is 12.2 Å². The number of H-pyrrole nitrogens is 1. The number of carbonyl (C=O) groups excluding carboxylic acids is 1. The van der Waals surface area contributed by atoms with Gasteiger partial charge in [-0.2, -0.15) is 13.2 Å². The van der Waals surface area contributed by atoms with Crippen LogP contribution in [0, 0.1) is 0 Å². The Morgan fingerprint density at radius 1 is 0.895 bits per heavy atom. The Bertz CT molecular complexity index is 1530. The van der Waals surface area contributed by atoms with Crippen molar-refractivity contribution in [1.29, 1.82) is 0 Å². The molecule has 1 aliphatic heterocycles. The van der Waals surface area contributed by atoms with Crippen molar-refractivity contribution in [3.63, 3.8) is 0 Å². The molecule has 3 aromatic carbocycles. The number of hydrogen-bond donors (Lipinski definition) is 2. The normalized spacial score (nSPS) is 12.7. The topological polar surface area (TPSA) is 89.7 Å². The van der Waals surface area contributed by atoms with E-state index in [1.807, 2.05) is 4.98 Å². The highest BCUT2D eigenvalue weighted by Crippen LogP contribution is 2.45. The summed E-state index contributed by atoms with van der Waals surface area (Å²) in [6, 6.07) is 18.0. The van der Waals surface area contributed by atoms with Crippen LogP contribution >= 0.6 is 0 Å². The fourth-order valence-electron chi connectivity index (χ4n) is 4.36. The number of rotatable bonds is 5.